The van der Waals surface area contributed by atoms with Crippen LogP contribution in [-0.4, -0.2) is 28.6 Å². The van der Waals surface area contributed by atoms with E-state index in [1.165, 1.54) is 0 Å². The highest BCUT2D eigenvalue weighted by Gasteiger charge is 2.01. The Labute approximate surface area is 83.9 Å². The standard InChI is InChI=1S/C7H15N2OS2/c1-4-7(5-6-11)8(2)9(10)12-3/h5,11H,4,6H2,1-3H3/q-1/b7-5+. The first-order valence-electron chi connectivity index (χ1n) is 3.72. The SMILES string of the molecule is CC/C(=C\CS)N(C)N([O-])SC. The molecule has 0 aromatic carbocycles. The van der Waals surface area contributed by atoms with Gasteiger partial charge in [-0.3, -0.25) is 0 Å². The van der Waals surface area contributed by atoms with Crippen LogP contribution in [0.1, 0.15) is 13.3 Å². The Bertz CT molecular complexity index is 152. The van der Waals surface area contributed by atoms with E-state index in [1.54, 1.807) is 18.3 Å². The maximum absolute atomic E-state index is 11.1. The van der Waals surface area contributed by atoms with Gasteiger partial charge in [-0.25, -0.2) is 4.58 Å². The molecule has 0 atom stereocenters. The number of nitrogens with zero attached hydrogens (tertiary/aromatic N) is 2. The zero-order chi connectivity index (χ0) is 9.56. The van der Waals surface area contributed by atoms with Crippen molar-refractivity contribution in [1.29, 1.82) is 0 Å². The lowest BCUT2D eigenvalue weighted by molar-refractivity contribution is 0.208. The number of hydrogen-bond acceptors (Lipinski definition) is 5. The van der Waals surface area contributed by atoms with Crippen LogP contribution in [0.4, 0.5) is 0 Å². The number of thiol groups is 1. The lowest BCUT2D eigenvalue weighted by atomic mass is 10.3. The predicted octanol–water partition coefficient (Wildman–Crippen LogP) is 2.13. The molecule has 0 heterocycles. The number of hydrogen-bond donors (Lipinski definition) is 1. The summed E-state index contributed by atoms with van der Waals surface area (Å²) in [6, 6.07) is 0. The highest BCUT2D eigenvalue weighted by molar-refractivity contribution is 7.96. The Balaban J connectivity index is 4.20. The van der Waals surface area contributed by atoms with Gasteiger partial charge in [0, 0.05) is 18.5 Å². The van der Waals surface area contributed by atoms with Crippen LogP contribution in [0.5, 0.6) is 0 Å². The summed E-state index contributed by atoms with van der Waals surface area (Å²) in [7, 11) is 1.75. The second-order valence-electron chi connectivity index (χ2n) is 2.18. The van der Waals surface area contributed by atoms with Crippen molar-refractivity contribution in [1.82, 2.24) is 9.59 Å². The molecule has 0 fully saturated rings. The molecule has 0 rings (SSSR count). The molecule has 0 aromatic rings. The van der Waals surface area contributed by atoms with E-state index in [4.69, 9.17) is 0 Å². The van der Waals surface area contributed by atoms with Crippen LogP contribution in [0.15, 0.2) is 11.8 Å². The monoisotopic (exact) mass is 207 g/mol. The van der Waals surface area contributed by atoms with Crippen molar-refractivity contribution in [3.8, 4) is 0 Å². The summed E-state index contributed by atoms with van der Waals surface area (Å²) in [5.41, 5.74) is 0.995. The topological polar surface area (TPSA) is 29.5 Å². The van der Waals surface area contributed by atoms with Crippen LogP contribution in [0.3, 0.4) is 0 Å². The van der Waals surface area contributed by atoms with Crippen molar-refractivity contribution in [3.05, 3.63) is 17.0 Å². The summed E-state index contributed by atoms with van der Waals surface area (Å²) in [5.74, 6) is 0.662. The lowest BCUT2D eigenvalue weighted by Crippen LogP contribution is -2.28. The van der Waals surface area contributed by atoms with Gasteiger partial charge in [-0.05, 0) is 12.7 Å². The summed E-state index contributed by atoms with van der Waals surface area (Å²) in [5, 5.41) is 12.7. The van der Waals surface area contributed by atoms with Gasteiger partial charge in [-0.1, -0.05) is 24.9 Å². The van der Waals surface area contributed by atoms with E-state index in [-0.39, 0.29) is 0 Å². The molecule has 0 unspecified atom stereocenters. The Morgan fingerprint density at radius 2 is 2.25 bits per heavy atom. The van der Waals surface area contributed by atoms with E-state index in [9.17, 15) is 5.21 Å². The third-order valence-corrected chi connectivity index (χ3v) is 2.25. The normalized spacial score (nSPS) is 12.3. The van der Waals surface area contributed by atoms with E-state index in [1.807, 2.05) is 13.0 Å². The van der Waals surface area contributed by atoms with Crippen LogP contribution in [0.25, 0.3) is 0 Å². The average Bonchev–Trinajstić information content (AvgIpc) is 2.11. The maximum Gasteiger partial charge on any atom is 0.0257 e. The average molecular weight is 207 g/mol. The number of rotatable bonds is 5. The minimum Gasteiger partial charge on any atom is -0.757 e. The van der Waals surface area contributed by atoms with Crippen LogP contribution in [-0.2, 0) is 0 Å². The molecular formula is C7H15N2OS2-. The lowest BCUT2D eigenvalue weighted by Gasteiger charge is -2.37. The van der Waals surface area contributed by atoms with Gasteiger partial charge in [0.15, 0.2) is 0 Å². The molecule has 0 spiro atoms. The van der Waals surface area contributed by atoms with Gasteiger partial charge in [0.2, 0.25) is 0 Å². The molecule has 12 heavy (non-hydrogen) atoms. The van der Waals surface area contributed by atoms with Crippen LogP contribution in [0, 0.1) is 5.21 Å². The molecule has 0 aromatic heterocycles. The highest BCUT2D eigenvalue weighted by atomic mass is 32.2. The summed E-state index contributed by atoms with van der Waals surface area (Å²) in [4.78, 5) is 0. The molecule has 72 valence electrons. The van der Waals surface area contributed by atoms with Gasteiger partial charge in [-0.15, -0.1) is 0 Å². The molecule has 0 radical (unpaired) electrons. The third-order valence-electron chi connectivity index (χ3n) is 1.51. The van der Waals surface area contributed by atoms with Crippen molar-refractivity contribution in [2.75, 3.05) is 19.1 Å². The van der Waals surface area contributed by atoms with Gasteiger partial charge < -0.3 is 10.2 Å². The van der Waals surface area contributed by atoms with E-state index >= 15 is 0 Å². The van der Waals surface area contributed by atoms with Gasteiger partial charge in [0.1, 0.15) is 0 Å². The van der Waals surface area contributed by atoms with E-state index in [2.05, 4.69) is 12.6 Å². The molecular weight excluding hydrogens is 192 g/mol. The molecule has 0 bridgehead atoms. The van der Waals surface area contributed by atoms with Crippen molar-refractivity contribution in [2.24, 2.45) is 0 Å². The molecule has 5 heteroatoms. The Hall–Kier alpha value is 0.160. The zero-order valence-electron chi connectivity index (χ0n) is 7.65. The molecule has 0 saturated heterocycles. The summed E-state index contributed by atoms with van der Waals surface area (Å²) in [6.07, 6.45) is 4.53. The Morgan fingerprint density at radius 3 is 2.58 bits per heavy atom. The van der Waals surface area contributed by atoms with Crippen molar-refractivity contribution in [2.45, 2.75) is 13.3 Å². The molecule has 3 nitrogen and oxygen atoms in total. The number of hydrazine groups is 1. The van der Waals surface area contributed by atoms with Crippen molar-refractivity contribution < 1.29 is 0 Å². The van der Waals surface area contributed by atoms with Gasteiger partial charge >= 0.3 is 0 Å². The minimum atomic E-state index is 0.662. The zero-order valence-corrected chi connectivity index (χ0v) is 9.36. The van der Waals surface area contributed by atoms with Crippen LogP contribution < -0.4 is 0 Å². The molecule has 0 saturated carbocycles. The van der Waals surface area contributed by atoms with Crippen LogP contribution >= 0.6 is 24.6 Å². The smallest absolute Gasteiger partial charge is 0.0257 e. The van der Waals surface area contributed by atoms with E-state index in [0.717, 1.165) is 28.6 Å². The Kier molecular flexibility index (Phi) is 6.74. The fourth-order valence-electron chi connectivity index (χ4n) is 0.838. The Morgan fingerprint density at radius 1 is 1.67 bits per heavy atom. The third kappa shape index (κ3) is 3.71. The van der Waals surface area contributed by atoms with Gasteiger partial charge in [-0.2, -0.15) is 12.6 Å². The minimum absolute atomic E-state index is 0.662. The highest BCUT2D eigenvalue weighted by Crippen LogP contribution is 2.14. The van der Waals surface area contributed by atoms with Crippen molar-refractivity contribution in [3.63, 3.8) is 0 Å². The summed E-state index contributed by atoms with van der Waals surface area (Å²) in [6.45, 7) is 2.01. The molecule has 0 N–H and O–H groups in total. The van der Waals surface area contributed by atoms with Crippen molar-refractivity contribution >= 4 is 24.6 Å². The quantitative estimate of drug-likeness (QED) is 0.425. The van der Waals surface area contributed by atoms with Gasteiger partial charge in [0.25, 0.3) is 0 Å². The molecule has 0 amide bonds. The first-order chi connectivity index (χ1) is 5.67. The second-order valence-corrected chi connectivity index (χ2v) is 3.22. The summed E-state index contributed by atoms with van der Waals surface area (Å²) >= 11 is 5.22. The second kappa shape index (κ2) is 6.65. The maximum atomic E-state index is 11.1. The van der Waals surface area contributed by atoms with E-state index in [0.29, 0.717) is 5.75 Å². The fourth-order valence-corrected chi connectivity index (χ4v) is 1.40. The molecule has 0 aliphatic carbocycles. The first kappa shape index (κ1) is 12.2. The number of allylic oxidation sites excluding steroid dienone is 1. The van der Waals surface area contributed by atoms with Crippen LogP contribution in [0.2, 0.25) is 0 Å². The largest absolute Gasteiger partial charge is 0.757 e. The molecule has 0 aliphatic rings. The predicted molar refractivity (Wildman–Crippen MR) is 58.7 cm³/mol. The van der Waals surface area contributed by atoms with E-state index < -0.39 is 0 Å². The fraction of sp³-hybridized carbons (Fsp3) is 0.714. The molecule has 0 aliphatic heterocycles. The van der Waals surface area contributed by atoms with Gasteiger partial charge in [0.05, 0.1) is 0 Å². The first-order valence-corrected chi connectivity index (χ1v) is 5.53. The summed E-state index contributed by atoms with van der Waals surface area (Å²) < 4.78 is 0.846.